The Morgan fingerprint density at radius 2 is 1.93 bits per heavy atom. The van der Waals surface area contributed by atoms with Gasteiger partial charge in [0.15, 0.2) is 0 Å². The van der Waals surface area contributed by atoms with Gasteiger partial charge < -0.3 is 9.47 Å². The fourth-order valence-corrected chi connectivity index (χ4v) is 4.36. The van der Waals surface area contributed by atoms with Gasteiger partial charge in [0, 0.05) is 16.2 Å². The van der Waals surface area contributed by atoms with Crippen LogP contribution < -0.4 is 9.64 Å². The molecule has 0 aliphatic heterocycles. The Balaban J connectivity index is 1.89. The second-order valence-electron chi connectivity index (χ2n) is 7.06. The van der Waals surface area contributed by atoms with E-state index in [-0.39, 0.29) is 6.09 Å². The first-order valence-corrected chi connectivity index (χ1v) is 10.3. The summed E-state index contributed by atoms with van der Waals surface area (Å²) < 4.78 is 12.8. The fraction of sp³-hybridized carbons (Fsp3) is 0.300. The maximum Gasteiger partial charge on any atom is 0.414 e. The molecule has 0 radical (unpaired) electrons. The molecule has 0 aliphatic carbocycles. The first kappa shape index (κ1) is 19.9. The highest BCUT2D eigenvalue weighted by molar-refractivity contribution is 14.1. The van der Waals surface area contributed by atoms with Crippen LogP contribution in [0.4, 0.5) is 10.5 Å². The van der Waals surface area contributed by atoms with Crippen LogP contribution in [0.25, 0.3) is 20.8 Å². The predicted molar refractivity (Wildman–Crippen MR) is 119 cm³/mol. The molecule has 0 bridgehead atoms. The van der Waals surface area contributed by atoms with E-state index in [1.54, 1.807) is 25.5 Å². The summed E-state index contributed by atoms with van der Waals surface area (Å²) in [6.07, 6.45) is -0.375. The second kappa shape index (κ2) is 7.63. The van der Waals surface area contributed by atoms with Gasteiger partial charge in [-0.25, -0.2) is 9.78 Å². The SMILES string of the molecule is COc1ccc2nc(-c3ccc(N(C)C(=O)OC(C)(C)C)c(I)c3)sc2c1. The van der Waals surface area contributed by atoms with E-state index in [0.717, 1.165) is 35.8 Å². The van der Waals surface area contributed by atoms with E-state index < -0.39 is 5.60 Å². The van der Waals surface area contributed by atoms with E-state index in [1.807, 2.05) is 57.2 Å². The molecule has 1 aromatic heterocycles. The maximum absolute atomic E-state index is 12.3. The van der Waals surface area contributed by atoms with Crippen molar-refractivity contribution in [3.05, 3.63) is 40.0 Å². The molecule has 27 heavy (non-hydrogen) atoms. The van der Waals surface area contributed by atoms with E-state index in [2.05, 4.69) is 22.6 Å². The van der Waals surface area contributed by atoms with Crippen LogP contribution in [-0.2, 0) is 4.74 Å². The first-order chi connectivity index (χ1) is 12.7. The molecule has 1 amide bonds. The number of rotatable bonds is 3. The van der Waals surface area contributed by atoms with Gasteiger partial charge in [-0.1, -0.05) is 0 Å². The number of anilines is 1. The Labute approximate surface area is 176 Å². The maximum atomic E-state index is 12.3. The van der Waals surface area contributed by atoms with E-state index in [0.29, 0.717) is 0 Å². The predicted octanol–water partition coefficient (Wildman–Crippen LogP) is 5.95. The topological polar surface area (TPSA) is 51.7 Å². The molecule has 0 fully saturated rings. The number of halogens is 1. The number of fused-ring (bicyclic) bond motifs is 1. The van der Waals surface area contributed by atoms with Crippen molar-refractivity contribution in [3.63, 3.8) is 0 Å². The van der Waals surface area contributed by atoms with Gasteiger partial charge in [0.2, 0.25) is 0 Å². The summed E-state index contributed by atoms with van der Waals surface area (Å²) in [7, 11) is 3.38. The Morgan fingerprint density at radius 1 is 1.19 bits per heavy atom. The largest absolute Gasteiger partial charge is 0.497 e. The number of thiazole rings is 1. The lowest BCUT2D eigenvalue weighted by Crippen LogP contribution is -2.34. The van der Waals surface area contributed by atoms with E-state index in [4.69, 9.17) is 14.5 Å². The number of carbonyl (C=O) groups excluding carboxylic acids is 1. The number of aromatic nitrogens is 1. The highest BCUT2D eigenvalue weighted by Crippen LogP contribution is 2.35. The van der Waals surface area contributed by atoms with Crippen molar-refractivity contribution in [2.24, 2.45) is 0 Å². The molecule has 3 aromatic rings. The van der Waals surface area contributed by atoms with Crippen molar-refractivity contribution < 1.29 is 14.3 Å². The Kier molecular flexibility index (Phi) is 5.62. The zero-order chi connectivity index (χ0) is 19.8. The van der Waals surface area contributed by atoms with Crippen molar-refractivity contribution >= 4 is 55.9 Å². The molecule has 1 heterocycles. The molecule has 142 valence electrons. The van der Waals surface area contributed by atoms with E-state index >= 15 is 0 Å². The zero-order valence-corrected chi connectivity index (χ0v) is 18.8. The third kappa shape index (κ3) is 4.52. The Morgan fingerprint density at radius 3 is 2.56 bits per heavy atom. The first-order valence-electron chi connectivity index (χ1n) is 8.39. The van der Waals surface area contributed by atoms with Gasteiger partial charge in [-0.3, -0.25) is 4.90 Å². The van der Waals surface area contributed by atoms with Crippen LogP contribution >= 0.6 is 33.9 Å². The lowest BCUT2D eigenvalue weighted by atomic mass is 10.2. The number of amides is 1. The number of ether oxygens (including phenoxy) is 2. The van der Waals surface area contributed by atoms with E-state index in [9.17, 15) is 4.79 Å². The van der Waals surface area contributed by atoms with Crippen molar-refractivity contribution in [2.45, 2.75) is 26.4 Å². The molecular formula is C20H21IN2O3S. The summed E-state index contributed by atoms with van der Waals surface area (Å²) in [4.78, 5) is 18.6. The Bertz CT molecular complexity index is 995. The summed E-state index contributed by atoms with van der Waals surface area (Å²) in [5.74, 6) is 0.821. The summed E-state index contributed by atoms with van der Waals surface area (Å²) in [6.45, 7) is 5.57. The summed E-state index contributed by atoms with van der Waals surface area (Å²) in [5, 5.41) is 0.933. The molecule has 0 saturated heterocycles. The van der Waals surface area contributed by atoms with Gasteiger partial charge in [-0.2, -0.15) is 0 Å². The van der Waals surface area contributed by atoms with Crippen LogP contribution in [-0.4, -0.2) is 30.8 Å². The third-order valence-electron chi connectivity index (χ3n) is 3.82. The number of methoxy groups -OCH3 is 1. The lowest BCUT2D eigenvalue weighted by molar-refractivity contribution is 0.0589. The minimum absolute atomic E-state index is 0.375. The van der Waals surface area contributed by atoms with Crippen molar-refractivity contribution in [2.75, 3.05) is 19.1 Å². The average molecular weight is 496 g/mol. The molecular weight excluding hydrogens is 475 g/mol. The van der Waals surface area contributed by atoms with Crippen LogP contribution in [0.2, 0.25) is 0 Å². The normalized spacial score (nSPS) is 11.5. The van der Waals surface area contributed by atoms with Gasteiger partial charge >= 0.3 is 6.09 Å². The summed E-state index contributed by atoms with van der Waals surface area (Å²) in [5.41, 5.74) is 2.23. The second-order valence-corrected chi connectivity index (χ2v) is 9.25. The fourth-order valence-electron chi connectivity index (χ4n) is 2.50. The molecule has 0 atom stereocenters. The van der Waals surface area contributed by atoms with Gasteiger partial charge in [-0.05, 0) is 79.8 Å². The number of nitrogens with zero attached hydrogens (tertiary/aromatic N) is 2. The standard InChI is InChI=1S/C20H21IN2O3S/c1-20(2,3)26-19(24)23(4)16-9-6-12(10-14(16)21)18-22-15-8-7-13(25-5)11-17(15)27-18/h6-11H,1-5H3. The lowest BCUT2D eigenvalue weighted by Gasteiger charge is -2.25. The molecule has 0 aliphatic rings. The van der Waals surface area contributed by atoms with Gasteiger partial charge in [-0.15, -0.1) is 11.3 Å². The van der Waals surface area contributed by atoms with Gasteiger partial charge in [0.1, 0.15) is 16.4 Å². The number of carbonyl (C=O) groups is 1. The molecule has 2 aromatic carbocycles. The summed E-state index contributed by atoms with van der Waals surface area (Å²) in [6, 6.07) is 11.8. The molecule has 0 saturated carbocycles. The average Bonchev–Trinajstić information content (AvgIpc) is 3.02. The smallest absolute Gasteiger partial charge is 0.414 e. The van der Waals surface area contributed by atoms with Gasteiger partial charge in [0.25, 0.3) is 0 Å². The van der Waals surface area contributed by atoms with Crippen LogP contribution in [0.3, 0.4) is 0 Å². The quantitative estimate of drug-likeness (QED) is 0.421. The van der Waals surface area contributed by atoms with Crippen LogP contribution in [0.15, 0.2) is 36.4 Å². The molecule has 3 rings (SSSR count). The van der Waals surface area contributed by atoms with Crippen LogP contribution in [0.1, 0.15) is 20.8 Å². The third-order valence-corrected chi connectivity index (χ3v) is 5.75. The molecule has 0 spiro atoms. The summed E-state index contributed by atoms with van der Waals surface area (Å²) >= 11 is 3.85. The molecule has 0 unspecified atom stereocenters. The minimum atomic E-state index is -0.529. The monoisotopic (exact) mass is 496 g/mol. The van der Waals surface area contributed by atoms with Crippen LogP contribution in [0.5, 0.6) is 5.75 Å². The van der Waals surface area contributed by atoms with Crippen molar-refractivity contribution in [1.29, 1.82) is 0 Å². The number of hydrogen-bond acceptors (Lipinski definition) is 5. The zero-order valence-electron chi connectivity index (χ0n) is 15.9. The van der Waals surface area contributed by atoms with Crippen molar-refractivity contribution in [1.82, 2.24) is 4.98 Å². The van der Waals surface area contributed by atoms with Crippen molar-refractivity contribution in [3.8, 4) is 16.3 Å². The number of hydrogen-bond donors (Lipinski definition) is 0. The van der Waals surface area contributed by atoms with Crippen LogP contribution in [0, 0.1) is 3.57 Å². The van der Waals surface area contributed by atoms with E-state index in [1.165, 1.54) is 4.90 Å². The number of benzene rings is 2. The highest BCUT2D eigenvalue weighted by Gasteiger charge is 2.22. The molecule has 0 N–H and O–H groups in total. The highest BCUT2D eigenvalue weighted by atomic mass is 127. The van der Waals surface area contributed by atoms with Gasteiger partial charge in [0.05, 0.1) is 23.0 Å². The molecule has 5 nitrogen and oxygen atoms in total. The molecule has 7 heteroatoms. The Hall–Kier alpha value is -1.87. The minimum Gasteiger partial charge on any atom is -0.497 e.